The molecule has 90 valence electrons. The van der Waals surface area contributed by atoms with Gasteiger partial charge in [-0.2, -0.15) is 0 Å². The maximum absolute atomic E-state index is 11.7. The molecule has 1 amide bonds. The first kappa shape index (κ1) is 12.7. The lowest BCUT2D eigenvalue weighted by molar-refractivity contribution is -0.157. The Morgan fingerprint density at radius 2 is 2.19 bits per heavy atom. The number of carbonyl (C=O) groups excluding carboxylic acids is 2. The van der Waals surface area contributed by atoms with Crippen LogP contribution in [-0.2, 0) is 14.3 Å². The Kier molecular flexibility index (Phi) is 3.73. The number of amides is 1. The SMILES string of the molecule is CC/C=C1\C[C@@H](C(=O)OC(C)(C)C)NC1=O. The molecule has 0 radical (unpaired) electrons. The summed E-state index contributed by atoms with van der Waals surface area (Å²) < 4.78 is 5.22. The Labute approximate surface area is 96.0 Å². The maximum Gasteiger partial charge on any atom is 0.329 e. The van der Waals surface area contributed by atoms with E-state index >= 15 is 0 Å². The summed E-state index contributed by atoms with van der Waals surface area (Å²) in [4.78, 5) is 23.1. The van der Waals surface area contributed by atoms with Crippen molar-refractivity contribution in [1.29, 1.82) is 0 Å². The van der Waals surface area contributed by atoms with Crippen LogP contribution in [0, 0.1) is 0 Å². The molecule has 1 aliphatic heterocycles. The van der Waals surface area contributed by atoms with Gasteiger partial charge in [-0.05, 0) is 27.2 Å². The Bertz CT molecular complexity index is 326. The van der Waals surface area contributed by atoms with Crippen LogP contribution >= 0.6 is 0 Å². The average Bonchev–Trinajstić information content (AvgIpc) is 2.46. The largest absolute Gasteiger partial charge is 0.458 e. The van der Waals surface area contributed by atoms with E-state index in [9.17, 15) is 9.59 Å². The first-order valence-corrected chi connectivity index (χ1v) is 5.56. The van der Waals surface area contributed by atoms with Crippen LogP contribution in [0.4, 0.5) is 0 Å². The molecule has 1 saturated heterocycles. The normalized spacial score (nSPS) is 23.4. The Hall–Kier alpha value is -1.32. The van der Waals surface area contributed by atoms with Crippen LogP contribution in [0.1, 0.15) is 40.5 Å². The van der Waals surface area contributed by atoms with Crippen molar-refractivity contribution < 1.29 is 14.3 Å². The summed E-state index contributed by atoms with van der Waals surface area (Å²) in [6.45, 7) is 7.39. The minimum absolute atomic E-state index is 0.155. The number of allylic oxidation sites excluding steroid dienone is 1. The molecule has 1 atom stereocenters. The lowest BCUT2D eigenvalue weighted by Gasteiger charge is -2.21. The summed E-state index contributed by atoms with van der Waals surface area (Å²) in [5, 5.41) is 2.63. The van der Waals surface area contributed by atoms with Crippen LogP contribution in [-0.4, -0.2) is 23.5 Å². The summed E-state index contributed by atoms with van der Waals surface area (Å²) in [5.74, 6) is -0.516. The van der Waals surface area contributed by atoms with Crippen LogP contribution in [0.25, 0.3) is 0 Å². The highest BCUT2D eigenvalue weighted by molar-refractivity contribution is 6.00. The highest BCUT2D eigenvalue weighted by atomic mass is 16.6. The Morgan fingerprint density at radius 1 is 1.56 bits per heavy atom. The van der Waals surface area contributed by atoms with E-state index in [0.717, 1.165) is 6.42 Å². The van der Waals surface area contributed by atoms with Crippen molar-refractivity contribution in [3.63, 3.8) is 0 Å². The van der Waals surface area contributed by atoms with Crippen LogP contribution < -0.4 is 5.32 Å². The zero-order valence-electron chi connectivity index (χ0n) is 10.3. The van der Waals surface area contributed by atoms with Gasteiger partial charge < -0.3 is 10.1 Å². The number of esters is 1. The number of hydrogen-bond donors (Lipinski definition) is 1. The maximum atomic E-state index is 11.7. The molecule has 1 rings (SSSR count). The lowest BCUT2D eigenvalue weighted by atomic mass is 10.1. The van der Waals surface area contributed by atoms with Gasteiger partial charge in [0, 0.05) is 12.0 Å². The monoisotopic (exact) mass is 225 g/mol. The van der Waals surface area contributed by atoms with Crippen molar-refractivity contribution in [3.8, 4) is 0 Å². The van der Waals surface area contributed by atoms with E-state index in [4.69, 9.17) is 4.74 Å². The molecule has 0 saturated carbocycles. The summed E-state index contributed by atoms with van der Waals surface area (Å²) in [6.07, 6.45) is 3.07. The minimum Gasteiger partial charge on any atom is -0.458 e. The van der Waals surface area contributed by atoms with Crippen LogP contribution in [0.2, 0.25) is 0 Å². The smallest absolute Gasteiger partial charge is 0.329 e. The number of rotatable bonds is 2. The van der Waals surface area contributed by atoms with Crippen LogP contribution in [0.3, 0.4) is 0 Å². The third kappa shape index (κ3) is 3.36. The predicted octanol–water partition coefficient (Wildman–Crippen LogP) is 1.55. The van der Waals surface area contributed by atoms with Crippen LogP contribution in [0.5, 0.6) is 0 Å². The van der Waals surface area contributed by atoms with Gasteiger partial charge in [-0.3, -0.25) is 4.79 Å². The molecule has 0 unspecified atom stereocenters. The zero-order chi connectivity index (χ0) is 12.3. The van der Waals surface area contributed by atoms with Gasteiger partial charge in [0.2, 0.25) is 5.91 Å². The minimum atomic E-state index is -0.524. The summed E-state index contributed by atoms with van der Waals surface area (Å²) in [7, 11) is 0. The third-order valence-corrected chi connectivity index (χ3v) is 2.16. The highest BCUT2D eigenvalue weighted by Gasteiger charge is 2.34. The zero-order valence-corrected chi connectivity index (χ0v) is 10.3. The molecular weight excluding hydrogens is 206 g/mol. The number of hydrogen-bond acceptors (Lipinski definition) is 3. The van der Waals surface area contributed by atoms with Crippen molar-refractivity contribution in [2.24, 2.45) is 0 Å². The van der Waals surface area contributed by atoms with Gasteiger partial charge in [0.1, 0.15) is 11.6 Å². The average molecular weight is 225 g/mol. The van der Waals surface area contributed by atoms with Gasteiger partial charge in [-0.25, -0.2) is 4.79 Å². The molecule has 1 N–H and O–H groups in total. The van der Waals surface area contributed by atoms with Crippen molar-refractivity contribution >= 4 is 11.9 Å². The number of carbonyl (C=O) groups is 2. The molecule has 0 aromatic heterocycles. The highest BCUT2D eigenvalue weighted by Crippen LogP contribution is 2.18. The van der Waals surface area contributed by atoms with E-state index in [-0.39, 0.29) is 11.9 Å². The van der Waals surface area contributed by atoms with Crippen molar-refractivity contribution in [2.75, 3.05) is 0 Å². The predicted molar refractivity (Wildman–Crippen MR) is 60.8 cm³/mol. The second-order valence-electron chi connectivity index (χ2n) is 4.90. The Morgan fingerprint density at radius 3 is 2.69 bits per heavy atom. The quantitative estimate of drug-likeness (QED) is 0.573. The Balaban J connectivity index is 2.62. The first-order valence-electron chi connectivity index (χ1n) is 5.56. The van der Waals surface area contributed by atoms with Crippen molar-refractivity contribution in [1.82, 2.24) is 5.32 Å². The lowest BCUT2D eigenvalue weighted by Crippen LogP contribution is -2.38. The third-order valence-electron chi connectivity index (χ3n) is 2.16. The molecule has 0 bridgehead atoms. The molecule has 0 aliphatic carbocycles. The molecule has 4 nitrogen and oxygen atoms in total. The molecule has 4 heteroatoms. The molecular formula is C12H19NO3. The van der Waals surface area contributed by atoms with Gasteiger partial charge in [-0.1, -0.05) is 13.0 Å². The van der Waals surface area contributed by atoms with E-state index in [1.807, 2.05) is 33.8 Å². The summed E-state index contributed by atoms with van der Waals surface area (Å²) in [5.41, 5.74) is 0.164. The fourth-order valence-electron chi connectivity index (χ4n) is 1.55. The standard InChI is InChI=1S/C12H19NO3/c1-5-6-8-7-9(13-10(8)14)11(15)16-12(2,3)4/h6,9H,5,7H2,1-4H3,(H,13,14)/b8-6+/t9-/m0/s1. The number of nitrogens with one attached hydrogen (secondary N) is 1. The van der Waals surface area contributed by atoms with E-state index in [1.54, 1.807) is 0 Å². The molecule has 1 heterocycles. The molecule has 16 heavy (non-hydrogen) atoms. The van der Waals surface area contributed by atoms with Gasteiger partial charge in [0.25, 0.3) is 0 Å². The number of ether oxygens (including phenoxy) is 1. The van der Waals surface area contributed by atoms with E-state index in [2.05, 4.69) is 5.32 Å². The van der Waals surface area contributed by atoms with E-state index in [0.29, 0.717) is 12.0 Å². The fourth-order valence-corrected chi connectivity index (χ4v) is 1.55. The molecule has 0 aromatic carbocycles. The molecule has 1 fully saturated rings. The van der Waals surface area contributed by atoms with Gasteiger partial charge in [0.15, 0.2) is 0 Å². The second-order valence-corrected chi connectivity index (χ2v) is 4.90. The topological polar surface area (TPSA) is 55.4 Å². The first-order chi connectivity index (χ1) is 7.33. The fraction of sp³-hybridized carbons (Fsp3) is 0.667. The van der Waals surface area contributed by atoms with Gasteiger partial charge in [0.05, 0.1) is 0 Å². The van der Waals surface area contributed by atoms with Gasteiger partial charge >= 0.3 is 5.97 Å². The van der Waals surface area contributed by atoms with E-state index in [1.165, 1.54) is 0 Å². The van der Waals surface area contributed by atoms with Crippen molar-refractivity contribution in [2.45, 2.75) is 52.2 Å². The van der Waals surface area contributed by atoms with Gasteiger partial charge in [-0.15, -0.1) is 0 Å². The second kappa shape index (κ2) is 4.68. The molecule has 0 spiro atoms. The van der Waals surface area contributed by atoms with E-state index < -0.39 is 11.6 Å². The van der Waals surface area contributed by atoms with Crippen LogP contribution in [0.15, 0.2) is 11.6 Å². The molecule has 1 aliphatic rings. The van der Waals surface area contributed by atoms with Crippen molar-refractivity contribution in [3.05, 3.63) is 11.6 Å². The summed E-state index contributed by atoms with van der Waals surface area (Å²) >= 11 is 0. The summed E-state index contributed by atoms with van der Waals surface area (Å²) in [6, 6.07) is -0.524. The molecule has 0 aromatic rings.